The van der Waals surface area contributed by atoms with Crippen molar-refractivity contribution in [3.8, 4) is 0 Å². The van der Waals surface area contributed by atoms with Crippen molar-refractivity contribution in [2.45, 2.75) is 33.7 Å². The van der Waals surface area contributed by atoms with Crippen molar-refractivity contribution in [3.63, 3.8) is 0 Å². The van der Waals surface area contributed by atoms with Gasteiger partial charge in [-0.15, -0.1) is 0 Å². The van der Waals surface area contributed by atoms with Gasteiger partial charge in [-0.1, -0.05) is 20.8 Å². The third-order valence-corrected chi connectivity index (χ3v) is 2.26. The molecule has 0 aliphatic rings. The summed E-state index contributed by atoms with van der Waals surface area (Å²) in [5, 5.41) is 8.77. The van der Waals surface area contributed by atoms with E-state index in [0.717, 1.165) is 0 Å². The van der Waals surface area contributed by atoms with Crippen LogP contribution in [0.15, 0.2) is 0 Å². The van der Waals surface area contributed by atoms with E-state index in [4.69, 9.17) is 10.8 Å². The molecule has 0 bridgehead atoms. The summed E-state index contributed by atoms with van der Waals surface area (Å²) >= 11 is 0. The zero-order valence-electron chi connectivity index (χ0n) is 9.58. The van der Waals surface area contributed by atoms with Gasteiger partial charge in [-0.05, 0) is 12.3 Å². The number of nitrogens with two attached hydrogens (primary N) is 1. The minimum Gasteiger partial charge on any atom is -0.395 e. The summed E-state index contributed by atoms with van der Waals surface area (Å²) in [5.41, 5.74) is 5.59. The van der Waals surface area contributed by atoms with Gasteiger partial charge in [0.15, 0.2) is 0 Å². The topological polar surface area (TPSA) is 66.6 Å². The molecule has 0 aliphatic heterocycles. The molecule has 0 saturated carbocycles. The molecule has 0 rings (SSSR count). The van der Waals surface area contributed by atoms with E-state index in [1.165, 1.54) is 0 Å². The molecule has 0 spiro atoms. The number of hydrogen-bond acceptors (Lipinski definition) is 3. The lowest BCUT2D eigenvalue weighted by Crippen LogP contribution is -2.51. The first kappa shape index (κ1) is 13.4. The van der Waals surface area contributed by atoms with Crippen molar-refractivity contribution < 1.29 is 9.90 Å². The molecule has 4 heteroatoms. The maximum Gasteiger partial charge on any atom is 0.240 e. The molecule has 0 aromatic heterocycles. The molecule has 0 aromatic rings. The number of nitrogens with zero attached hydrogens (tertiary/aromatic N) is 1. The van der Waals surface area contributed by atoms with E-state index in [1.807, 2.05) is 27.7 Å². The molecule has 0 radical (unpaired) electrons. The van der Waals surface area contributed by atoms with Gasteiger partial charge in [0.05, 0.1) is 12.6 Å². The minimum atomic E-state index is -0.506. The van der Waals surface area contributed by atoms with Crippen LogP contribution >= 0.6 is 0 Å². The van der Waals surface area contributed by atoms with Crippen LogP contribution in [0.25, 0.3) is 0 Å². The van der Waals surface area contributed by atoms with E-state index < -0.39 is 6.04 Å². The summed E-state index contributed by atoms with van der Waals surface area (Å²) < 4.78 is 0. The Kier molecular flexibility index (Phi) is 5.08. The smallest absolute Gasteiger partial charge is 0.240 e. The van der Waals surface area contributed by atoms with Crippen LogP contribution in [0.4, 0.5) is 0 Å². The van der Waals surface area contributed by atoms with Crippen LogP contribution in [0, 0.1) is 5.41 Å². The Bertz CT molecular complexity index is 187. The van der Waals surface area contributed by atoms with Gasteiger partial charge < -0.3 is 15.7 Å². The van der Waals surface area contributed by atoms with Crippen LogP contribution < -0.4 is 5.73 Å². The van der Waals surface area contributed by atoms with Gasteiger partial charge in [0.25, 0.3) is 0 Å². The molecule has 84 valence electrons. The standard InChI is InChI=1S/C10H22N2O2/c1-5-12(6-7-13)9(14)8(11)10(2,3)4/h8,13H,5-7,11H2,1-4H3/t8-/m0/s1. The normalized spacial score (nSPS) is 13.9. The molecule has 0 fully saturated rings. The summed E-state index contributed by atoms with van der Waals surface area (Å²) in [6, 6.07) is -0.506. The average molecular weight is 202 g/mol. The molecule has 4 nitrogen and oxygen atoms in total. The molecule has 0 saturated heterocycles. The fourth-order valence-electron chi connectivity index (χ4n) is 1.11. The minimum absolute atomic E-state index is 0.0174. The summed E-state index contributed by atoms with van der Waals surface area (Å²) in [4.78, 5) is 13.4. The number of aliphatic hydroxyl groups excluding tert-OH is 1. The van der Waals surface area contributed by atoms with E-state index in [0.29, 0.717) is 13.1 Å². The summed E-state index contributed by atoms with van der Waals surface area (Å²) in [5.74, 6) is -0.0888. The highest BCUT2D eigenvalue weighted by molar-refractivity contribution is 5.82. The molecule has 1 atom stereocenters. The zero-order valence-corrected chi connectivity index (χ0v) is 9.58. The predicted molar refractivity (Wildman–Crippen MR) is 56.8 cm³/mol. The number of rotatable bonds is 4. The number of aliphatic hydroxyl groups is 1. The van der Waals surface area contributed by atoms with Crippen molar-refractivity contribution in [1.82, 2.24) is 4.90 Å². The van der Waals surface area contributed by atoms with Crippen LogP contribution in [0.2, 0.25) is 0 Å². The molecule has 3 N–H and O–H groups in total. The summed E-state index contributed by atoms with van der Waals surface area (Å²) in [7, 11) is 0. The molecule has 0 heterocycles. The molecule has 0 unspecified atom stereocenters. The van der Waals surface area contributed by atoms with Crippen LogP contribution in [-0.2, 0) is 4.79 Å². The Balaban J connectivity index is 4.42. The van der Waals surface area contributed by atoms with Crippen LogP contribution in [0.1, 0.15) is 27.7 Å². The molecule has 0 aliphatic carbocycles. The third kappa shape index (κ3) is 3.64. The lowest BCUT2D eigenvalue weighted by molar-refractivity contribution is -0.135. The second-order valence-electron chi connectivity index (χ2n) is 4.49. The van der Waals surface area contributed by atoms with Crippen molar-refractivity contribution >= 4 is 5.91 Å². The Labute approximate surface area is 86.1 Å². The fraction of sp³-hybridized carbons (Fsp3) is 0.900. The Morgan fingerprint density at radius 1 is 1.50 bits per heavy atom. The van der Waals surface area contributed by atoms with E-state index in [-0.39, 0.29) is 17.9 Å². The van der Waals surface area contributed by atoms with Crippen LogP contribution in [-0.4, -0.2) is 41.7 Å². The van der Waals surface area contributed by atoms with Crippen LogP contribution in [0.3, 0.4) is 0 Å². The highest BCUT2D eigenvalue weighted by Crippen LogP contribution is 2.18. The molecule has 1 amide bonds. The van der Waals surface area contributed by atoms with Crippen molar-refractivity contribution in [1.29, 1.82) is 0 Å². The lowest BCUT2D eigenvalue weighted by atomic mass is 9.86. The second kappa shape index (κ2) is 5.32. The first-order valence-electron chi connectivity index (χ1n) is 4.99. The highest BCUT2D eigenvalue weighted by atomic mass is 16.3. The lowest BCUT2D eigenvalue weighted by Gasteiger charge is -2.31. The largest absolute Gasteiger partial charge is 0.395 e. The highest BCUT2D eigenvalue weighted by Gasteiger charge is 2.30. The predicted octanol–water partition coefficient (Wildman–Crippen LogP) is 0.201. The number of carbonyl (C=O) groups is 1. The first-order valence-corrected chi connectivity index (χ1v) is 4.99. The quantitative estimate of drug-likeness (QED) is 0.684. The first-order chi connectivity index (χ1) is 6.34. The van der Waals surface area contributed by atoms with Gasteiger partial charge >= 0.3 is 0 Å². The van der Waals surface area contributed by atoms with E-state index in [2.05, 4.69) is 0 Å². The second-order valence-corrected chi connectivity index (χ2v) is 4.49. The maximum absolute atomic E-state index is 11.8. The number of hydrogen-bond donors (Lipinski definition) is 2. The number of likely N-dealkylation sites (N-methyl/N-ethyl adjacent to an activating group) is 1. The van der Waals surface area contributed by atoms with Crippen molar-refractivity contribution in [2.75, 3.05) is 19.7 Å². The fourth-order valence-corrected chi connectivity index (χ4v) is 1.11. The van der Waals surface area contributed by atoms with Gasteiger partial charge in [0.2, 0.25) is 5.91 Å². The van der Waals surface area contributed by atoms with Gasteiger partial charge in [0, 0.05) is 13.1 Å². The monoisotopic (exact) mass is 202 g/mol. The van der Waals surface area contributed by atoms with E-state index in [1.54, 1.807) is 4.90 Å². The molecule has 0 aromatic carbocycles. The van der Waals surface area contributed by atoms with Crippen molar-refractivity contribution in [3.05, 3.63) is 0 Å². The Morgan fingerprint density at radius 2 is 2.00 bits per heavy atom. The number of carbonyl (C=O) groups excluding carboxylic acids is 1. The third-order valence-electron chi connectivity index (χ3n) is 2.26. The Morgan fingerprint density at radius 3 is 2.29 bits per heavy atom. The maximum atomic E-state index is 11.8. The number of amides is 1. The van der Waals surface area contributed by atoms with Crippen LogP contribution in [0.5, 0.6) is 0 Å². The summed E-state index contributed by atoms with van der Waals surface area (Å²) in [6.07, 6.45) is 0. The molecular formula is C10H22N2O2. The average Bonchev–Trinajstić information content (AvgIpc) is 2.10. The zero-order chi connectivity index (χ0) is 11.4. The Hall–Kier alpha value is -0.610. The van der Waals surface area contributed by atoms with Crippen molar-refractivity contribution in [2.24, 2.45) is 11.1 Å². The van der Waals surface area contributed by atoms with Gasteiger partial charge in [-0.3, -0.25) is 4.79 Å². The van der Waals surface area contributed by atoms with Gasteiger partial charge in [-0.25, -0.2) is 0 Å². The summed E-state index contributed by atoms with van der Waals surface area (Å²) in [6.45, 7) is 8.61. The van der Waals surface area contributed by atoms with E-state index >= 15 is 0 Å². The van der Waals surface area contributed by atoms with Gasteiger partial charge in [-0.2, -0.15) is 0 Å². The molecular weight excluding hydrogens is 180 g/mol. The van der Waals surface area contributed by atoms with Gasteiger partial charge in [0.1, 0.15) is 0 Å². The molecule has 14 heavy (non-hydrogen) atoms. The van der Waals surface area contributed by atoms with E-state index in [9.17, 15) is 4.79 Å². The SMILES string of the molecule is CCN(CCO)C(=O)[C@H](N)C(C)(C)C.